The Bertz CT molecular complexity index is 1690. The number of hydrogen-bond donors (Lipinski definition) is 2. The number of aryl methyl sites for hydroxylation is 1. The van der Waals surface area contributed by atoms with E-state index < -0.39 is 23.8 Å². The molecule has 0 saturated carbocycles. The van der Waals surface area contributed by atoms with Crippen LogP contribution in [-0.4, -0.2) is 50.2 Å². The van der Waals surface area contributed by atoms with Gasteiger partial charge >= 0.3 is 6.03 Å². The van der Waals surface area contributed by atoms with Crippen molar-refractivity contribution in [3.05, 3.63) is 75.8 Å². The van der Waals surface area contributed by atoms with Crippen LogP contribution in [0.15, 0.2) is 54.1 Å². The largest absolute Gasteiger partial charge is 0.490 e. The molecule has 1 saturated heterocycles. The van der Waals surface area contributed by atoms with Crippen LogP contribution in [0.4, 0.5) is 16.2 Å². The molecule has 0 aromatic heterocycles. The zero-order valence-electron chi connectivity index (χ0n) is 26.3. The van der Waals surface area contributed by atoms with Crippen LogP contribution >= 0.6 is 11.6 Å². The summed E-state index contributed by atoms with van der Waals surface area (Å²) in [6.45, 7) is 10.1. The Hall–Kier alpha value is -5.03. The number of hydrogen-bond acceptors (Lipinski definition) is 8. The number of nitrogens with zero attached hydrogens (tertiary/aromatic N) is 1. The molecule has 4 rings (SSSR count). The van der Waals surface area contributed by atoms with E-state index in [2.05, 4.69) is 10.6 Å². The third kappa shape index (κ3) is 7.78. The van der Waals surface area contributed by atoms with Gasteiger partial charge in [0.25, 0.3) is 17.7 Å². The van der Waals surface area contributed by atoms with Crippen LogP contribution in [0.2, 0.25) is 5.02 Å². The quantitative estimate of drug-likeness (QED) is 0.165. The van der Waals surface area contributed by atoms with Gasteiger partial charge in [-0.3, -0.25) is 19.7 Å². The summed E-state index contributed by atoms with van der Waals surface area (Å²) >= 11 is 6.55. The van der Waals surface area contributed by atoms with E-state index in [0.717, 1.165) is 22.4 Å². The molecule has 1 aliphatic rings. The molecule has 0 aliphatic carbocycles. The van der Waals surface area contributed by atoms with Crippen molar-refractivity contribution in [1.29, 1.82) is 0 Å². The Labute approximate surface area is 272 Å². The van der Waals surface area contributed by atoms with E-state index in [0.29, 0.717) is 36.0 Å². The Morgan fingerprint density at radius 3 is 2.37 bits per heavy atom. The van der Waals surface area contributed by atoms with Crippen LogP contribution < -0.4 is 34.5 Å². The highest BCUT2D eigenvalue weighted by Crippen LogP contribution is 2.38. The summed E-state index contributed by atoms with van der Waals surface area (Å²) in [5.74, 6) is -0.998. The van der Waals surface area contributed by atoms with Gasteiger partial charge in [0.1, 0.15) is 5.57 Å². The predicted molar refractivity (Wildman–Crippen MR) is 175 cm³/mol. The van der Waals surface area contributed by atoms with Crippen molar-refractivity contribution in [2.75, 3.05) is 36.6 Å². The van der Waals surface area contributed by atoms with Crippen LogP contribution in [0.5, 0.6) is 23.0 Å². The average molecular weight is 650 g/mol. The van der Waals surface area contributed by atoms with Gasteiger partial charge in [-0.15, -0.1) is 0 Å². The standard InChI is InChI=1S/C34H36ClN3O8/c1-6-14-45-27-13-12-23(18-28(27)43-7-2)38-33(41)24(32(40)37-34(38)42)15-22-16-25(35)31(29(17-22)44-8-3)46-19-30(39)36-26-11-9-10-20(4)21(26)5/h9-13,15-18H,6-8,14,19H2,1-5H3,(H,36,39)(H,37,40,42)/b24-15+. The van der Waals surface area contributed by atoms with E-state index in [4.69, 9.17) is 30.5 Å². The molecule has 2 N–H and O–H groups in total. The molecule has 5 amide bonds. The molecule has 1 aliphatic heterocycles. The Morgan fingerprint density at radius 1 is 0.913 bits per heavy atom. The summed E-state index contributed by atoms with van der Waals surface area (Å²) in [7, 11) is 0. The van der Waals surface area contributed by atoms with Crippen molar-refractivity contribution >= 4 is 52.8 Å². The van der Waals surface area contributed by atoms with Gasteiger partial charge in [-0.1, -0.05) is 30.7 Å². The molecule has 3 aromatic carbocycles. The lowest BCUT2D eigenvalue weighted by molar-refractivity contribution is -0.122. The zero-order chi connectivity index (χ0) is 33.4. The van der Waals surface area contributed by atoms with E-state index in [1.807, 2.05) is 32.9 Å². The minimum absolute atomic E-state index is 0.0814. The van der Waals surface area contributed by atoms with Gasteiger partial charge in [-0.25, -0.2) is 9.69 Å². The first-order valence-electron chi connectivity index (χ1n) is 14.8. The molecule has 46 heavy (non-hydrogen) atoms. The van der Waals surface area contributed by atoms with Crippen LogP contribution in [0.25, 0.3) is 6.08 Å². The Balaban J connectivity index is 1.59. The maximum absolute atomic E-state index is 13.6. The van der Waals surface area contributed by atoms with Gasteiger partial charge in [-0.2, -0.15) is 0 Å². The monoisotopic (exact) mass is 649 g/mol. The number of urea groups is 1. The number of nitrogens with one attached hydrogen (secondary N) is 2. The van der Waals surface area contributed by atoms with Crippen molar-refractivity contribution in [2.45, 2.75) is 41.0 Å². The lowest BCUT2D eigenvalue weighted by Gasteiger charge is -2.27. The van der Waals surface area contributed by atoms with E-state index >= 15 is 0 Å². The van der Waals surface area contributed by atoms with Gasteiger partial charge in [0.05, 0.1) is 30.5 Å². The normalized spacial score (nSPS) is 13.8. The second-order valence-electron chi connectivity index (χ2n) is 10.2. The molecule has 0 unspecified atom stereocenters. The molecule has 1 fully saturated rings. The van der Waals surface area contributed by atoms with E-state index in [-0.39, 0.29) is 41.0 Å². The highest BCUT2D eigenvalue weighted by atomic mass is 35.5. The summed E-state index contributed by atoms with van der Waals surface area (Å²) in [4.78, 5) is 52.8. The van der Waals surface area contributed by atoms with Crippen molar-refractivity contribution in [3.8, 4) is 23.0 Å². The number of amides is 5. The zero-order valence-corrected chi connectivity index (χ0v) is 27.1. The Kier molecular flexibility index (Phi) is 11.3. The molecule has 1 heterocycles. The van der Waals surface area contributed by atoms with Crippen LogP contribution in [-0.2, 0) is 14.4 Å². The number of anilines is 2. The smallest absolute Gasteiger partial charge is 0.335 e. The number of benzene rings is 3. The van der Waals surface area contributed by atoms with Gasteiger partial charge < -0.3 is 24.3 Å². The maximum Gasteiger partial charge on any atom is 0.335 e. The summed E-state index contributed by atoms with van der Waals surface area (Å²) in [5, 5.41) is 5.11. The molecule has 0 atom stereocenters. The number of rotatable bonds is 13. The number of carbonyl (C=O) groups is 4. The summed E-state index contributed by atoms with van der Waals surface area (Å²) in [5.41, 5.74) is 2.84. The number of barbiturate groups is 1. The van der Waals surface area contributed by atoms with Crippen LogP contribution in [0, 0.1) is 13.8 Å². The molecule has 12 heteroatoms. The number of imide groups is 2. The SMILES string of the molecule is CCCOc1ccc(N2C(=O)NC(=O)/C(=C\c3cc(Cl)c(OCC(=O)Nc4cccc(C)c4C)c(OCC)c3)C2=O)cc1OCC. The van der Waals surface area contributed by atoms with E-state index in [9.17, 15) is 19.2 Å². The van der Waals surface area contributed by atoms with Gasteiger partial charge in [0, 0.05) is 11.8 Å². The maximum atomic E-state index is 13.6. The van der Waals surface area contributed by atoms with Crippen LogP contribution in [0.1, 0.15) is 43.9 Å². The van der Waals surface area contributed by atoms with Gasteiger partial charge in [0.2, 0.25) is 0 Å². The summed E-state index contributed by atoms with van der Waals surface area (Å²) < 4.78 is 22.9. The molecule has 11 nitrogen and oxygen atoms in total. The van der Waals surface area contributed by atoms with Gasteiger partial charge in [0.15, 0.2) is 29.6 Å². The first-order valence-corrected chi connectivity index (χ1v) is 15.2. The highest BCUT2D eigenvalue weighted by Gasteiger charge is 2.37. The fourth-order valence-corrected chi connectivity index (χ4v) is 4.85. The number of carbonyl (C=O) groups excluding carboxylic acids is 4. The minimum Gasteiger partial charge on any atom is -0.490 e. The minimum atomic E-state index is -0.909. The molecular weight excluding hydrogens is 614 g/mol. The van der Waals surface area contributed by atoms with E-state index in [1.54, 1.807) is 26.0 Å². The second-order valence-corrected chi connectivity index (χ2v) is 10.6. The molecule has 0 bridgehead atoms. The summed E-state index contributed by atoms with van der Waals surface area (Å²) in [6, 6.07) is 12.3. The molecule has 0 spiro atoms. The van der Waals surface area contributed by atoms with Crippen molar-refractivity contribution in [1.82, 2.24) is 5.32 Å². The topological polar surface area (TPSA) is 132 Å². The van der Waals surface area contributed by atoms with Crippen LogP contribution in [0.3, 0.4) is 0 Å². The fourth-order valence-electron chi connectivity index (χ4n) is 4.58. The average Bonchev–Trinajstić information content (AvgIpc) is 3.01. The van der Waals surface area contributed by atoms with E-state index in [1.165, 1.54) is 30.3 Å². The number of ether oxygens (including phenoxy) is 4. The predicted octanol–water partition coefficient (Wildman–Crippen LogP) is 6.23. The summed E-state index contributed by atoms with van der Waals surface area (Å²) in [6.07, 6.45) is 2.08. The first kappa shape index (κ1) is 33.9. The third-order valence-electron chi connectivity index (χ3n) is 6.92. The van der Waals surface area contributed by atoms with Crippen molar-refractivity contribution in [3.63, 3.8) is 0 Å². The second kappa shape index (κ2) is 15.3. The highest BCUT2D eigenvalue weighted by molar-refractivity contribution is 6.39. The van der Waals surface area contributed by atoms with Gasteiger partial charge in [-0.05, 0) is 87.2 Å². The third-order valence-corrected chi connectivity index (χ3v) is 7.20. The Morgan fingerprint density at radius 2 is 1.65 bits per heavy atom. The molecule has 3 aromatic rings. The molecular formula is C34H36ClN3O8. The molecule has 242 valence electrons. The molecule has 0 radical (unpaired) electrons. The lowest BCUT2D eigenvalue weighted by atomic mass is 10.1. The first-order chi connectivity index (χ1) is 22.1. The lowest BCUT2D eigenvalue weighted by Crippen LogP contribution is -2.54. The number of halogens is 1. The van der Waals surface area contributed by atoms with Crippen molar-refractivity contribution in [2.24, 2.45) is 0 Å². The fraction of sp³-hybridized carbons (Fsp3) is 0.294. The van der Waals surface area contributed by atoms with Crippen molar-refractivity contribution < 1.29 is 38.1 Å².